The minimum Gasteiger partial charge on any atom is -0.120 e. The van der Waals surface area contributed by atoms with Crippen molar-refractivity contribution < 1.29 is 0 Å². The lowest BCUT2D eigenvalue weighted by Gasteiger charge is -2.38. The lowest BCUT2D eigenvalue weighted by atomic mass is 9.72. The monoisotopic (exact) mass is 322 g/mol. The third-order valence-electron chi connectivity index (χ3n) is 4.10. The average molecular weight is 323 g/mol. The van der Waals surface area contributed by atoms with E-state index in [1.54, 1.807) is 0 Å². The van der Waals surface area contributed by atoms with E-state index in [1.165, 1.54) is 10.5 Å². The maximum Gasteiger partial charge on any atom is 0.0396 e. The minimum absolute atomic E-state index is 0.0811. The maximum atomic E-state index is 5.75. The lowest BCUT2D eigenvalue weighted by molar-refractivity contribution is 0.239. The van der Waals surface area contributed by atoms with Crippen LogP contribution in [0.1, 0.15) is 44.9 Å². The normalized spacial score (nSPS) is 13.3. The first-order valence-electron chi connectivity index (χ1n) is 8.08. The van der Waals surface area contributed by atoms with Gasteiger partial charge in [0.1, 0.15) is 0 Å². The van der Waals surface area contributed by atoms with Crippen LogP contribution in [0.25, 0.3) is 0 Å². The molecular weight excluding hydrogens is 296 g/mol. The predicted molar refractivity (Wildman–Crippen MR) is 102 cm³/mol. The van der Waals surface area contributed by atoms with E-state index in [9.17, 15) is 0 Å². The molecule has 0 aliphatic heterocycles. The Balaban J connectivity index is 2.35. The van der Waals surface area contributed by atoms with Gasteiger partial charge in [-0.2, -0.15) is 0 Å². The Hall–Kier alpha value is -1.65. The highest BCUT2D eigenvalue weighted by atomic mass is 32.2. The van der Waals surface area contributed by atoms with E-state index in [2.05, 4.69) is 94.3 Å². The van der Waals surface area contributed by atoms with E-state index in [1.807, 2.05) is 11.8 Å². The molecule has 1 heteroatoms. The first-order valence-corrected chi connectivity index (χ1v) is 8.96. The van der Waals surface area contributed by atoms with Gasteiger partial charge in [0.25, 0.3) is 0 Å². The number of hydrogen-bond acceptors (Lipinski definition) is 1. The molecule has 120 valence electrons. The summed E-state index contributed by atoms with van der Waals surface area (Å²) in [7, 11) is 0. The van der Waals surface area contributed by atoms with E-state index in [4.69, 9.17) is 6.42 Å². The molecule has 0 saturated carbocycles. The van der Waals surface area contributed by atoms with Crippen LogP contribution in [0, 0.1) is 23.2 Å². The van der Waals surface area contributed by atoms with Crippen LogP contribution in [0.2, 0.25) is 0 Å². The molecule has 2 aromatic rings. The summed E-state index contributed by atoms with van der Waals surface area (Å²) in [6.45, 7) is 8.98. The molecule has 2 rings (SSSR count). The molecule has 0 aromatic heterocycles. The molecule has 23 heavy (non-hydrogen) atoms. The summed E-state index contributed by atoms with van der Waals surface area (Å²) >= 11 is 1.93. The fourth-order valence-electron chi connectivity index (χ4n) is 3.22. The molecule has 1 atom stereocenters. The Morgan fingerprint density at radius 3 is 1.96 bits per heavy atom. The summed E-state index contributed by atoms with van der Waals surface area (Å²) in [4.78, 5) is 1.30. The van der Waals surface area contributed by atoms with Gasteiger partial charge >= 0.3 is 0 Å². The van der Waals surface area contributed by atoms with Crippen molar-refractivity contribution in [3.05, 3.63) is 66.2 Å². The molecule has 0 amide bonds. The molecule has 0 saturated heterocycles. The largest absolute Gasteiger partial charge is 0.120 e. The molecule has 0 aliphatic rings. The second-order valence-corrected chi connectivity index (χ2v) is 8.59. The van der Waals surface area contributed by atoms with Crippen molar-refractivity contribution in [1.29, 1.82) is 0 Å². The summed E-state index contributed by atoms with van der Waals surface area (Å²) in [5.74, 6) is 2.96. The topological polar surface area (TPSA) is 0 Å². The van der Waals surface area contributed by atoms with Gasteiger partial charge in [-0.05, 0) is 43.4 Å². The molecule has 0 radical (unpaired) electrons. The average Bonchev–Trinajstić information content (AvgIpc) is 2.53. The highest BCUT2D eigenvalue weighted by molar-refractivity contribution is 7.99. The van der Waals surface area contributed by atoms with Gasteiger partial charge in [0, 0.05) is 15.6 Å². The summed E-state index contributed by atoms with van der Waals surface area (Å²) in [5.41, 5.74) is 1.34. The second-order valence-electron chi connectivity index (χ2n) is 7.42. The summed E-state index contributed by atoms with van der Waals surface area (Å²) < 4.78 is 0. The fraction of sp³-hybridized carbons (Fsp3) is 0.364. The molecule has 0 heterocycles. The van der Waals surface area contributed by atoms with E-state index >= 15 is 0 Å². The number of benzene rings is 2. The van der Waals surface area contributed by atoms with Gasteiger partial charge in [-0.1, -0.05) is 62.4 Å². The van der Waals surface area contributed by atoms with Crippen LogP contribution in [-0.4, -0.2) is 0 Å². The zero-order valence-corrected chi connectivity index (χ0v) is 15.4. The SMILES string of the molecule is C#CC(C)(C)CC(C)(C)C(Sc1ccccc1)c1ccccc1. The van der Waals surface area contributed by atoms with Crippen molar-refractivity contribution in [2.45, 2.75) is 44.3 Å². The fourth-order valence-corrected chi connectivity index (χ4v) is 4.51. The van der Waals surface area contributed by atoms with Crippen molar-refractivity contribution >= 4 is 11.8 Å². The molecule has 0 N–H and O–H groups in total. The smallest absolute Gasteiger partial charge is 0.0396 e. The molecule has 0 nitrogen and oxygen atoms in total. The summed E-state index contributed by atoms with van der Waals surface area (Å²) in [6.07, 6.45) is 6.73. The van der Waals surface area contributed by atoms with Gasteiger partial charge < -0.3 is 0 Å². The zero-order valence-electron chi connectivity index (χ0n) is 14.5. The summed E-state index contributed by atoms with van der Waals surface area (Å²) in [5, 5.41) is 0.360. The number of thioether (sulfide) groups is 1. The predicted octanol–water partition coefficient (Wildman–Crippen LogP) is 6.60. The maximum absolute atomic E-state index is 5.75. The van der Waals surface area contributed by atoms with Crippen LogP contribution in [0.3, 0.4) is 0 Å². The van der Waals surface area contributed by atoms with Gasteiger partial charge in [0.05, 0.1) is 0 Å². The first kappa shape index (κ1) is 17.7. The van der Waals surface area contributed by atoms with Crippen molar-refractivity contribution in [3.8, 4) is 12.3 Å². The van der Waals surface area contributed by atoms with Crippen LogP contribution < -0.4 is 0 Å². The standard InChI is InChI=1S/C22H26S/c1-6-21(2,3)17-22(4,5)20(18-13-9-7-10-14-18)23-19-15-11-8-12-16-19/h1,7-16,20H,17H2,2-5H3. The zero-order chi connectivity index (χ0) is 16.9. The van der Waals surface area contributed by atoms with Crippen LogP contribution in [-0.2, 0) is 0 Å². The van der Waals surface area contributed by atoms with Crippen molar-refractivity contribution in [2.75, 3.05) is 0 Å². The van der Waals surface area contributed by atoms with E-state index in [-0.39, 0.29) is 10.8 Å². The van der Waals surface area contributed by atoms with E-state index in [0.29, 0.717) is 5.25 Å². The minimum atomic E-state index is -0.103. The third kappa shape index (κ3) is 4.91. The van der Waals surface area contributed by atoms with Crippen LogP contribution >= 0.6 is 11.8 Å². The Morgan fingerprint density at radius 1 is 0.913 bits per heavy atom. The van der Waals surface area contributed by atoms with Gasteiger partial charge in [-0.3, -0.25) is 0 Å². The van der Waals surface area contributed by atoms with Gasteiger partial charge in [0.15, 0.2) is 0 Å². The number of terminal acetylenes is 1. The molecular formula is C22H26S. The quantitative estimate of drug-likeness (QED) is 0.426. The van der Waals surface area contributed by atoms with E-state index < -0.39 is 0 Å². The molecule has 2 aromatic carbocycles. The highest BCUT2D eigenvalue weighted by Gasteiger charge is 2.36. The van der Waals surface area contributed by atoms with Crippen molar-refractivity contribution in [1.82, 2.24) is 0 Å². The third-order valence-corrected chi connectivity index (χ3v) is 5.79. The molecule has 0 bridgehead atoms. The van der Waals surface area contributed by atoms with Crippen molar-refractivity contribution in [3.63, 3.8) is 0 Å². The van der Waals surface area contributed by atoms with Gasteiger partial charge in [-0.25, -0.2) is 0 Å². The second kappa shape index (κ2) is 7.28. The van der Waals surface area contributed by atoms with Crippen LogP contribution in [0.4, 0.5) is 0 Å². The van der Waals surface area contributed by atoms with Crippen LogP contribution in [0.15, 0.2) is 65.6 Å². The van der Waals surface area contributed by atoms with Crippen LogP contribution in [0.5, 0.6) is 0 Å². The Bertz CT molecular complexity index is 647. The van der Waals surface area contributed by atoms with Gasteiger partial charge in [0.2, 0.25) is 0 Å². The van der Waals surface area contributed by atoms with E-state index in [0.717, 1.165) is 6.42 Å². The Labute approximate surface area is 145 Å². The molecule has 1 unspecified atom stereocenters. The van der Waals surface area contributed by atoms with Crippen molar-refractivity contribution in [2.24, 2.45) is 10.8 Å². The molecule has 0 fully saturated rings. The Kier molecular flexibility index (Phi) is 5.60. The number of hydrogen-bond donors (Lipinski definition) is 0. The Morgan fingerprint density at radius 2 is 1.43 bits per heavy atom. The number of rotatable bonds is 6. The molecule has 0 spiro atoms. The van der Waals surface area contributed by atoms with Gasteiger partial charge in [-0.15, -0.1) is 24.1 Å². The lowest BCUT2D eigenvalue weighted by Crippen LogP contribution is -2.27. The first-order chi connectivity index (χ1) is 10.8. The molecule has 0 aliphatic carbocycles. The summed E-state index contributed by atoms with van der Waals surface area (Å²) in [6, 6.07) is 21.4. The highest BCUT2D eigenvalue weighted by Crippen LogP contribution is 2.51.